The molecule has 0 radical (unpaired) electrons. The van der Waals surface area contributed by atoms with Crippen molar-refractivity contribution >= 4 is 46.4 Å². The number of hydrogen-bond acceptors (Lipinski definition) is 6. The first kappa shape index (κ1) is 33.6. The molecule has 8 nitrogen and oxygen atoms in total. The van der Waals surface area contributed by atoms with E-state index in [2.05, 4.69) is 52.9 Å². The number of amidine groups is 2. The van der Waals surface area contributed by atoms with Gasteiger partial charge >= 0.3 is 12.3 Å². The van der Waals surface area contributed by atoms with Crippen molar-refractivity contribution in [3.63, 3.8) is 0 Å². The van der Waals surface area contributed by atoms with Gasteiger partial charge in [-0.2, -0.15) is 0 Å². The molecular formula is C33H36F3N5O3S. The van der Waals surface area contributed by atoms with Crippen LogP contribution in [0.1, 0.15) is 54.0 Å². The highest BCUT2D eigenvalue weighted by molar-refractivity contribution is 8.14. The van der Waals surface area contributed by atoms with Crippen molar-refractivity contribution in [2.24, 2.45) is 26.6 Å². The molecule has 3 N–H and O–H groups in total. The van der Waals surface area contributed by atoms with E-state index in [0.29, 0.717) is 16.4 Å². The van der Waals surface area contributed by atoms with Gasteiger partial charge < -0.3 is 20.5 Å². The van der Waals surface area contributed by atoms with Crippen LogP contribution in [-0.2, 0) is 9.53 Å². The second kappa shape index (κ2) is 14.6. The minimum absolute atomic E-state index is 0.0729. The van der Waals surface area contributed by atoms with Gasteiger partial charge in [0, 0.05) is 17.2 Å². The van der Waals surface area contributed by atoms with Crippen LogP contribution < -0.4 is 15.8 Å². The van der Waals surface area contributed by atoms with Crippen LogP contribution in [0.2, 0.25) is 0 Å². The number of anilines is 1. The predicted octanol–water partition coefficient (Wildman–Crippen LogP) is 7.79. The van der Waals surface area contributed by atoms with Gasteiger partial charge in [-0.3, -0.25) is 9.79 Å². The average Bonchev–Trinajstić information content (AvgIpc) is 3.73. The zero-order valence-corrected chi connectivity index (χ0v) is 26.5. The summed E-state index contributed by atoms with van der Waals surface area (Å²) in [6.07, 6.45) is -2.63. The third-order valence-electron chi connectivity index (χ3n) is 6.93. The molecule has 45 heavy (non-hydrogen) atoms. The highest BCUT2D eigenvalue weighted by Gasteiger charge is 2.39. The van der Waals surface area contributed by atoms with Crippen molar-refractivity contribution < 1.29 is 27.4 Å². The Balaban J connectivity index is 1.40. The molecule has 0 spiro atoms. The van der Waals surface area contributed by atoms with E-state index in [4.69, 9.17) is 15.5 Å². The highest BCUT2D eigenvalue weighted by atomic mass is 32.2. The molecule has 0 heterocycles. The number of nitrogens with one attached hydrogen (secondary N) is 1. The summed E-state index contributed by atoms with van der Waals surface area (Å²) >= 11 is 1.36. The lowest BCUT2D eigenvalue weighted by molar-refractivity contribution is -0.274. The second-order valence-corrected chi connectivity index (χ2v) is 12.0. The Bertz CT molecular complexity index is 1560. The summed E-state index contributed by atoms with van der Waals surface area (Å²) in [5, 5.41) is 4.18. The minimum atomic E-state index is -4.75. The van der Waals surface area contributed by atoms with Crippen LogP contribution in [0.5, 0.6) is 5.75 Å². The molecule has 2 atom stereocenters. The van der Waals surface area contributed by atoms with Gasteiger partial charge in [0.15, 0.2) is 5.17 Å². The molecule has 1 aliphatic rings. The molecule has 0 amide bonds. The average molecular weight is 640 g/mol. The molecule has 0 aromatic heterocycles. The van der Waals surface area contributed by atoms with Gasteiger partial charge in [0.05, 0.1) is 17.6 Å². The van der Waals surface area contributed by atoms with Gasteiger partial charge in [-0.1, -0.05) is 55.8 Å². The molecule has 238 valence electrons. The first-order valence-corrected chi connectivity index (χ1v) is 15.3. The zero-order valence-electron chi connectivity index (χ0n) is 25.7. The Morgan fingerprint density at radius 1 is 1.07 bits per heavy atom. The monoisotopic (exact) mass is 639 g/mol. The highest BCUT2D eigenvalue weighted by Crippen LogP contribution is 2.44. The van der Waals surface area contributed by atoms with E-state index in [0.717, 1.165) is 28.8 Å². The van der Waals surface area contributed by atoms with E-state index in [1.165, 1.54) is 47.9 Å². The van der Waals surface area contributed by atoms with E-state index in [1.807, 2.05) is 24.3 Å². The largest absolute Gasteiger partial charge is 0.573 e. The summed E-state index contributed by atoms with van der Waals surface area (Å²) in [5.41, 5.74) is 12.7. The first-order chi connectivity index (χ1) is 21.3. The van der Waals surface area contributed by atoms with Gasteiger partial charge in [-0.15, -0.1) is 13.2 Å². The fourth-order valence-electron chi connectivity index (χ4n) is 4.60. The quantitative estimate of drug-likeness (QED) is 0.101. The minimum Gasteiger partial charge on any atom is -0.454 e. The predicted molar refractivity (Wildman–Crippen MR) is 175 cm³/mol. The normalized spacial score (nSPS) is 17.1. The number of nitrogens with zero attached hydrogens (tertiary/aromatic N) is 3. The number of esters is 1. The summed E-state index contributed by atoms with van der Waals surface area (Å²) in [7, 11) is 0. The molecule has 0 saturated heterocycles. The third kappa shape index (κ3) is 10.1. The Hall–Kier alpha value is -4.32. The van der Waals surface area contributed by atoms with Crippen LogP contribution in [0, 0.1) is 26.7 Å². The first-order valence-electron chi connectivity index (χ1n) is 14.3. The molecule has 1 saturated carbocycles. The molecule has 1 fully saturated rings. The number of thioether (sulfide) groups is 1. The number of benzene rings is 3. The van der Waals surface area contributed by atoms with E-state index in [9.17, 15) is 18.0 Å². The van der Waals surface area contributed by atoms with Crippen LogP contribution >= 0.6 is 11.8 Å². The fourth-order valence-corrected chi connectivity index (χ4v) is 5.27. The maximum Gasteiger partial charge on any atom is 0.573 e. The van der Waals surface area contributed by atoms with E-state index in [-0.39, 0.29) is 41.4 Å². The lowest BCUT2D eigenvalue weighted by atomic mass is 10.1. The Labute approximate surface area is 265 Å². The molecule has 4 rings (SSSR count). The van der Waals surface area contributed by atoms with E-state index < -0.39 is 6.36 Å². The SMILES string of the molecule is Cc1cc(C)c(NC(=NC2CC2c2ccc(C(N)=NC=Nc3ccc(OC(F)(F)F)cc3)cc2)SCOC(=O)C(C)C)c(C)c1. The number of carbonyl (C=O) groups excluding carboxylic acids is 1. The number of aliphatic imine (C=N–C) groups is 3. The lowest BCUT2D eigenvalue weighted by Gasteiger charge is -2.16. The molecular weight excluding hydrogens is 603 g/mol. The van der Waals surface area contributed by atoms with Crippen LogP contribution in [0.3, 0.4) is 0 Å². The summed E-state index contributed by atoms with van der Waals surface area (Å²) in [6, 6.07) is 17.2. The maximum atomic E-state index is 12.3. The van der Waals surface area contributed by atoms with Crippen molar-refractivity contribution in [1.82, 2.24) is 0 Å². The molecule has 2 unspecified atom stereocenters. The summed E-state index contributed by atoms with van der Waals surface area (Å²) in [4.78, 5) is 25.2. The van der Waals surface area contributed by atoms with Crippen molar-refractivity contribution in [1.29, 1.82) is 0 Å². The Morgan fingerprint density at radius 2 is 1.71 bits per heavy atom. The number of aryl methyl sites for hydroxylation is 3. The third-order valence-corrected chi connectivity index (χ3v) is 7.64. The summed E-state index contributed by atoms with van der Waals surface area (Å²) < 4.78 is 46.2. The van der Waals surface area contributed by atoms with Gasteiger partial charge in [0.1, 0.15) is 23.9 Å². The van der Waals surface area contributed by atoms with E-state index in [1.54, 1.807) is 13.8 Å². The van der Waals surface area contributed by atoms with Gasteiger partial charge in [-0.05, 0) is 79.9 Å². The molecule has 0 aliphatic heterocycles. The fraction of sp³-hybridized carbons (Fsp3) is 0.333. The van der Waals surface area contributed by atoms with Gasteiger partial charge in [-0.25, -0.2) is 9.98 Å². The van der Waals surface area contributed by atoms with Crippen molar-refractivity contribution in [3.05, 3.63) is 88.5 Å². The van der Waals surface area contributed by atoms with Crippen molar-refractivity contribution in [3.8, 4) is 5.75 Å². The number of carbonyl (C=O) groups is 1. The molecule has 3 aromatic carbocycles. The van der Waals surface area contributed by atoms with Crippen LogP contribution in [0.4, 0.5) is 24.5 Å². The smallest absolute Gasteiger partial charge is 0.454 e. The number of halogens is 3. The van der Waals surface area contributed by atoms with Crippen molar-refractivity contribution in [2.45, 2.75) is 59.4 Å². The number of alkyl halides is 3. The summed E-state index contributed by atoms with van der Waals surface area (Å²) in [6.45, 7) is 9.78. The standard InChI is InChI=1S/C33H36F3N5O3S/c1-19(2)31(42)43-18-45-32(41-29-21(4)14-20(3)15-22(29)5)40-28-16-27(28)23-6-8-24(9-7-23)30(37)39-17-38-25-10-12-26(13-11-25)44-33(34,35)36/h6-15,17,19,27-28H,16,18H2,1-5H3,(H,40,41)(H2,37,38,39). The molecule has 1 aliphatic carbocycles. The van der Waals surface area contributed by atoms with Gasteiger partial charge in [0.2, 0.25) is 0 Å². The van der Waals surface area contributed by atoms with E-state index >= 15 is 0 Å². The topological polar surface area (TPSA) is 111 Å². The van der Waals surface area contributed by atoms with Crippen LogP contribution in [0.25, 0.3) is 0 Å². The Kier molecular flexibility index (Phi) is 10.9. The molecule has 0 bridgehead atoms. The van der Waals surface area contributed by atoms with Gasteiger partial charge in [0.25, 0.3) is 0 Å². The van der Waals surface area contributed by atoms with Crippen molar-refractivity contribution in [2.75, 3.05) is 11.3 Å². The number of nitrogens with two attached hydrogens (primary N) is 1. The molecule has 12 heteroatoms. The van der Waals surface area contributed by atoms with Crippen LogP contribution in [-0.4, -0.2) is 41.7 Å². The lowest BCUT2D eigenvalue weighted by Crippen LogP contribution is -2.16. The number of hydrogen-bond donors (Lipinski definition) is 2. The maximum absolute atomic E-state index is 12.3. The number of rotatable bonds is 10. The zero-order chi connectivity index (χ0) is 32.7. The summed E-state index contributed by atoms with van der Waals surface area (Å²) in [5.74, 6) is -0.141. The Morgan fingerprint density at radius 3 is 2.31 bits per heavy atom. The van der Waals surface area contributed by atoms with Crippen LogP contribution in [0.15, 0.2) is 75.6 Å². The second-order valence-electron chi connectivity index (χ2n) is 11.0. The molecule has 3 aromatic rings. The number of ether oxygens (including phenoxy) is 2.